The number of methoxy groups -OCH3 is 1. The molecule has 0 bridgehead atoms. The van der Waals surface area contributed by atoms with Crippen LogP contribution in [-0.2, 0) is 26.0 Å². The molecule has 0 spiro atoms. The number of hydrogen-bond donors (Lipinski definition) is 1. The highest BCUT2D eigenvalue weighted by atomic mass is 32.2. The standard InChI is InChI=1S/C23H31NO6S/c1-3-4-8-17-31(26,27)24-23(25)14-12-19-11-13-21(29-16-15-28-2)18-22(19)30-20-9-6-5-7-10-20/h5-7,9-11,13,18H,3-4,8,12,14-17H2,1-2H3,(H,24,25). The Labute approximate surface area is 184 Å². The third-order valence-electron chi connectivity index (χ3n) is 4.47. The molecule has 0 fully saturated rings. The Kier molecular flexibility index (Phi) is 10.3. The van der Waals surface area contributed by atoms with E-state index in [1.807, 2.05) is 43.3 Å². The smallest absolute Gasteiger partial charge is 0.234 e. The summed E-state index contributed by atoms with van der Waals surface area (Å²) in [6, 6.07) is 14.7. The first-order valence-electron chi connectivity index (χ1n) is 10.4. The second-order valence-electron chi connectivity index (χ2n) is 7.08. The molecule has 0 heterocycles. The van der Waals surface area contributed by atoms with Gasteiger partial charge in [0.15, 0.2) is 0 Å². The Balaban J connectivity index is 2.05. The molecule has 31 heavy (non-hydrogen) atoms. The zero-order chi connectivity index (χ0) is 22.5. The molecule has 0 saturated heterocycles. The van der Waals surface area contributed by atoms with E-state index >= 15 is 0 Å². The van der Waals surface area contributed by atoms with Gasteiger partial charge in [0.1, 0.15) is 23.9 Å². The number of ether oxygens (including phenoxy) is 3. The fraction of sp³-hybridized carbons (Fsp3) is 0.435. The van der Waals surface area contributed by atoms with Crippen LogP contribution >= 0.6 is 0 Å². The average Bonchev–Trinajstić information content (AvgIpc) is 2.74. The van der Waals surface area contributed by atoms with Gasteiger partial charge in [0.05, 0.1) is 12.4 Å². The molecular formula is C23H31NO6S. The Bertz CT molecular complexity index is 915. The van der Waals surface area contributed by atoms with Crippen LogP contribution < -0.4 is 14.2 Å². The van der Waals surface area contributed by atoms with E-state index in [-0.39, 0.29) is 12.2 Å². The van der Waals surface area contributed by atoms with Crippen LogP contribution in [0.2, 0.25) is 0 Å². The Hall–Kier alpha value is -2.58. The molecule has 2 aromatic carbocycles. The molecule has 0 unspecified atom stereocenters. The lowest BCUT2D eigenvalue weighted by atomic mass is 10.1. The highest BCUT2D eigenvalue weighted by molar-refractivity contribution is 7.90. The normalized spacial score (nSPS) is 11.2. The van der Waals surface area contributed by atoms with Crippen LogP contribution in [0, 0.1) is 0 Å². The van der Waals surface area contributed by atoms with E-state index in [0.29, 0.717) is 43.3 Å². The Morgan fingerprint density at radius 1 is 1.00 bits per heavy atom. The lowest BCUT2D eigenvalue weighted by Gasteiger charge is -2.14. The van der Waals surface area contributed by atoms with E-state index in [1.165, 1.54) is 0 Å². The minimum atomic E-state index is -3.60. The first-order valence-corrected chi connectivity index (χ1v) is 12.1. The summed E-state index contributed by atoms with van der Waals surface area (Å²) in [7, 11) is -2.00. The number of nitrogens with one attached hydrogen (secondary N) is 1. The topological polar surface area (TPSA) is 90.9 Å². The lowest BCUT2D eigenvalue weighted by Crippen LogP contribution is -2.32. The fourth-order valence-electron chi connectivity index (χ4n) is 2.85. The van der Waals surface area contributed by atoms with E-state index in [0.717, 1.165) is 18.4 Å². The number of aryl methyl sites for hydroxylation is 1. The van der Waals surface area contributed by atoms with E-state index < -0.39 is 15.9 Å². The average molecular weight is 450 g/mol. The van der Waals surface area contributed by atoms with Crippen LogP contribution in [-0.4, -0.2) is 40.4 Å². The van der Waals surface area contributed by atoms with Crippen LogP contribution in [0.5, 0.6) is 17.2 Å². The van der Waals surface area contributed by atoms with Crippen molar-refractivity contribution in [1.82, 2.24) is 4.72 Å². The highest BCUT2D eigenvalue weighted by Crippen LogP contribution is 2.30. The molecule has 8 heteroatoms. The SMILES string of the molecule is CCCCCS(=O)(=O)NC(=O)CCc1ccc(OCCOC)cc1Oc1ccccc1. The van der Waals surface area contributed by atoms with Gasteiger partial charge in [-0.25, -0.2) is 8.42 Å². The van der Waals surface area contributed by atoms with E-state index in [2.05, 4.69) is 4.72 Å². The number of hydrogen-bond acceptors (Lipinski definition) is 6. The molecule has 2 aromatic rings. The molecule has 0 atom stereocenters. The van der Waals surface area contributed by atoms with Gasteiger partial charge < -0.3 is 14.2 Å². The minimum Gasteiger partial charge on any atom is -0.491 e. The molecular weight excluding hydrogens is 418 g/mol. The molecule has 0 aliphatic heterocycles. The molecule has 1 amide bonds. The third kappa shape index (κ3) is 9.40. The van der Waals surface area contributed by atoms with Crippen molar-refractivity contribution < 1.29 is 27.4 Å². The van der Waals surface area contributed by atoms with Crippen LogP contribution in [0.1, 0.15) is 38.2 Å². The van der Waals surface area contributed by atoms with Crippen molar-refractivity contribution in [3.8, 4) is 17.2 Å². The van der Waals surface area contributed by atoms with Crippen molar-refractivity contribution in [2.75, 3.05) is 26.1 Å². The van der Waals surface area contributed by atoms with Crippen molar-refractivity contribution in [2.45, 2.75) is 39.0 Å². The van der Waals surface area contributed by atoms with E-state index in [4.69, 9.17) is 14.2 Å². The third-order valence-corrected chi connectivity index (χ3v) is 5.84. The summed E-state index contributed by atoms with van der Waals surface area (Å²) in [4.78, 5) is 12.2. The van der Waals surface area contributed by atoms with Crippen molar-refractivity contribution in [2.24, 2.45) is 0 Å². The van der Waals surface area contributed by atoms with Crippen molar-refractivity contribution in [3.63, 3.8) is 0 Å². The summed E-state index contributed by atoms with van der Waals surface area (Å²) >= 11 is 0. The van der Waals surface area contributed by atoms with Gasteiger partial charge in [-0.1, -0.05) is 44.0 Å². The number of sulfonamides is 1. The quantitative estimate of drug-likeness (QED) is 0.437. The second kappa shape index (κ2) is 13.0. The van der Waals surface area contributed by atoms with Gasteiger partial charge in [-0.3, -0.25) is 9.52 Å². The van der Waals surface area contributed by atoms with E-state index in [9.17, 15) is 13.2 Å². The molecule has 170 valence electrons. The maximum atomic E-state index is 12.2. The molecule has 0 saturated carbocycles. The van der Waals surface area contributed by atoms with Gasteiger partial charge in [-0.2, -0.15) is 0 Å². The first kappa shape index (κ1) is 24.7. The highest BCUT2D eigenvalue weighted by Gasteiger charge is 2.15. The van der Waals surface area contributed by atoms with Gasteiger partial charge in [0.2, 0.25) is 15.9 Å². The number of para-hydroxylation sites is 1. The summed E-state index contributed by atoms with van der Waals surface area (Å²) < 4.78 is 42.8. The minimum absolute atomic E-state index is 0.0298. The molecule has 2 rings (SSSR count). The number of unbranched alkanes of at least 4 members (excludes halogenated alkanes) is 2. The van der Waals surface area contributed by atoms with Crippen LogP contribution in [0.15, 0.2) is 48.5 Å². The summed E-state index contributed by atoms with van der Waals surface area (Å²) in [6.45, 7) is 2.86. The van der Waals surface area contributed by atoms with Crippen LogP contribution in [0.4, 0.5) is 0 Å². The molecule has 7 nitrogen and oxygen atoms in total. The van der Waals surface area contributed by atoms with Crippen LogP contribution in [0.3, 0.4) is 0 Å². The van der Waals surface area contributed by atoms with Gasteiger partial charge in [-0.05, 0) is 36.6 Å². The molecule has 0 aliphatic carbocycles. The second-order valence-corrected chi connectivity index (χ2v) is 8.92. The van der Waals surface area contributed by atoms with Crippen molar-refractivity contribution in [1.29, 1.82) is 0 Å². The summed E-state index contributed by atoms with van der Waals surface area (Å²) in [5, 5.41) is 0. The van der Waals surface area contributed by atoms with E-state index in [1.54, 1.807) is 19.2 Å². The monoisotopic (exact) mass is 449 g/mol. The fourth-order valence-corrected chi connectivity index (χ4v) is 3.99. The first-order chi connectivity index (χ1) is 14.9. The Morgan fingerprint density at radius 2 is 1.77 bits per heavy atom. The maximum Gasteiger partial charge on any atom is 0.234 e. The largest absolute Gasteiger partial charge is 0.491 e. The molecule has 0 radical (unpaired) electrons. The zero-order valence-corrected chi connectivity index (χ0v) is 18.9. The predicted octanol–water partition coefficient (Wildman–Crippen LogP) is 4.07. The van der Waals surface area contributed by atoms with Gasteiger partial charge in [0, 0.05) is 19.6 Å². The number of benzene rings is 2. The van der Waals surface area contributed by atoms with Gasteiger partial charge in [0.25, 0.3) is 0 Å². The van der Waals surface area contributed by atoms with Gasteiger partial charge in [-0.15, -0.1) is 0 Å². The molecule has 0 aromatic heterocycles. The number of carbonyl (C=O) groups excluding carboxylic acids is 1. The lowest BCUT2D eigenvalue weighted by molar-refractivity contribution is -0.119. The maximum absolute atomic E-state index is 12.2. The Morgan fingerprint density at radius 3 is 2.48 bits per heavy atom. The van der Waals surface area contributed by atoms with Crippen molar-refractivity contribution in [3.05, 3.63) is 54.1 Å². The summed E-state index contributed by atoms with van der Waals surface area (Å²) in [5.41, 5.74) is 0.779. The summed E-state index contributed by atoms with van der Waals surface area (Å²) in [6.07, 6.45) is 2.63. The van der Waals surface area contributed by atoms with Crippen LogP contribution in [0.25, 0.3) is 0 Å². The number of rotatable bonds is 14. The number of amides is 1. The zero-order valence-electron chi connectivity index (χ0n) is 18.1. The molecule has 1 N–H and O–H groups in total. The number of carbonyl (C=O) groups is 1. The molecule has 0 aliphatic rings. The van der Waals surface area contributed by atoms with Gasteiger partial charge >= 0.3 is 0 Å². The summed E-state index contributed by atoms with van der Waals surface area (Å²) in [5.74, 6) is 1.26. The van der Waals surface area contributed by atoms with Crippen molar-refractivity contribution >= 4 is 15.9 Å². The predicted molar refractivity (Wildman–Crippen MR) is 120 cm³/mol.